The number of hydrogen-bond donors (Lipinski definition) is 2. The van der Waals surface area contributed by atoms with Crippen LogP contribution in [0.1, 0.15) is 31.8 Å². The van der Waals surface area contributed by atoms with Crippen molar-refractivity contribution >= 4 is 17.4 Å². The van der Waals surface area contributed by atoms with E-state index in [1.807, 2.05) is 0 Å². The van der Waals surface area contributed by atoms with E-state index in [0.717, 1.165) is 25.9 Å². The highest BCUT2D eigenvalue weighted by molar-refractivity contribution is 6.30. The Balaban J connectivity index is 1.71. The van der Waals surface area contributed by atoms with Gasteiger partial charge in [-0.05, 0) is 49.6 Å². The number of fused-ring (bicyclic) bond motifs is 1. The zero-order valence-corrected chi connectivity index (χ0v) is 15.6. The van der Waals surface area contributed by atoms with Gasteiger partial charge in [0.2, 0.25) is 0 Å². The summed E-state index contributed by atoms with van der Waals surface area (Å²) >= 11 is 5.84. The van der Waals surface area contributed by atoms with Gasteiger partial charge in [-0.2, -0.15) is 0 Å². The number of benzene rings is 1. The maximum Gasteiger partial charge on any atom is 0.266 e. The molecule has 2 fully saturated rings. The van der Waals surface area contributed by atoms with Crippen molar-refractivity contribution < 1.29 is 13.9 Å². The smallest absolute Gasteiger partial charge is 0.266 e. The van der Waals surface area contributed by atoms with Crippen molar-refractivity contribution in [1.82, 2.24) is 15.5 Å². The van der Waals surface area contributed by atoms with Crippen molar-refractivity contribution in [2.24, 2.45) is 5.92 Å². The van der Waals surface area contributed by atoms with Gasteiger partial charge in [0, 0.05) is 34.8 Å². The fraction of sp³-hybridized carbons (Fsp3) is 0.474. The van der Waals surface area contributed by atoms with Crippen LogP contribution in [0.3, 0.4) is 0 Å². The van der Waals surface area contributed by atoms with E-state index in [4.69, 9.17) is 11.6 Å². The molecular formula is C19H21ClF2N4O. The summed E-state index contributed by atoms with van der Waals surface area (Å²) in [6, 6.07) is 6.32. The molecule has 0 bridgehead atoms. The van der Waals surface area contributed by atoms with Gasteiger partial charge in [0.1, 0.15) is 11.4 Å². The first-order chi connectivity index (χ1) is 12.9. The van der Waals surface area contributed by atoms with Crippen molar-refractivity contribution in [2.45, 2.75) is 38.3 Å². The normalized spacial score (nSPS) is 25.1. The van der Waals surface area contributed by atoms with Crippen LogP contribution in [0.5, 0.6) is 5.75 Å². The van der Waals surface area contributed by atoms with Gasteiger partial charge in [0.15, 0.2) is 5.82 Å². The molecule has 0 saturated carbocycles. The van der Waals surface area contributed by atoms with Crippen LogP contribution in [0.4, 0.5) is 14.6 Å². The van der Waals surface area contributed by atoms with Gasteiger partial charge < -0.3 is 15.3 Å². The number of aromatic hydroxyl groups is 1. The van der Waals surface area contributed by atoms with E-state index in [1.165, 1.54) is 24.3 Å². The van der Waals surface area contributed by atoms with Crippen LogP contribution in [-0.4, -0.2) is 40.5 Å². The van der Waals surface area contributed by atoms with Gasteiger partial charge in [-0.3, -0.25) is 0 Å². The molecular weight excluding hydrogens is 374 g/mol. The molecule has 3 heterocycles. The molecule has 1 unspecified atom stereocenters. The Morgan fingerprint density at radius 1 is 1.30 bits per heavy atom. The van der Waals surface area contributed by atoms with Crippen LogP contribution >= 0.6 is 11.6 Å². The van der Waals surface area contributed by atoms with Crippen LogP contribution in [-0.2, 0) is 0 Å². The quantitative estimate of drug-likeness (QED) is 0.823. The number of phenols is 1. The number of nitrogens with one attached hydrogen (secondary N) is 1. The second kappa shape index (κ2) is 7.20. The third-order valence-electron chi connectivity index (χ3n) is 5.47. The molecule has 2 N–H and O–H groups in total. The van der Waals surface area contributed by atoms with Crippen LogP contribution in [0.25, 0.3) is 11.3 Å². The van der Waals surface area contributed by atoms with E-state index in [2.05, 4.69) is 27.3 Å². The lowest BCUT2D eigenvalue weighted by atomic mass is 9.92. The first kappa shape index (κ1) is 18.4. The minimum Gasteiger partial charge on any atom is -0.507 e. The van der Waals surface area contributed by atoms with Crippen molar-refractivity contribution in [2.75, 3.05) is 18.0 Å². The van der Waals surface area contributed by atoms with Crippen molar-refractivity contribution in [3.8, 4) is 17.0 Å². The highest BCUT2D eigenvalue weighted by atomic mass is 35.5. The molecule has 1 aromatic carbocycles. The summed E-state index contributed by atoms with van der Waals surface area (Å²) in [4.78, 5) is 2.08. The van der Waals surface area contributed by atoms with E-state index >= 15 is 0 Å². The van der Waals surface area contributed by atoms with Crippen LogP contribution in [0.15, 0.2) is 24.3 Å². The fourth-order valence-corrected chi connectivity index (χ4v) is 4.30. The second-order valence-corrected chi connectivity index (χ2v) is 7.81. The molecule has 27 heavy (non-hydrogen) atoms. The molecule has 0 amide bonds. The number of nitrogens with zero attached hydrogens (tertiary/aromatic N) is 3. The zero-order chi connectivity index (χ0) is 19.1. The molecule has 8 heteroatoms. The summed E-state index contributed by atoms with van der Waals surface area (Å²) in [7, 11) is 0. The molecule has 2 aromatic rings. The molecule has 0 spiro atoms. The number of alkyl halides is 2. The van der Waals surface area contributed by atoms with Crippen molar-refractivity contribution in [1.29, 1.82) is 0 Å². The first-order valence-corrected chi connectivity index (χ1v) is 9.46. The van der Waals surface area contributed by atoms with Gasteiger partial charge in [-0.25, -0.2) is 8.78 Å². The predicted molar refractivity (Wildman–Crippen MR) is 100 cm³/mol. The predicted octanol–water partition coefficient (Wildman–Crippen LogP) is 4.02. The second-order valence-electron chi connectivity index (χ2n) is 7.37. The number of phenolic OH excluding ortho intramolecular Hbond substituents is 1. The molecule has 1 aromatic heterocycles. The van der Waals surface area contributed by atoms with E-state index < -0.39 is 6.43 Å². The fourth-order valence-electron chi connectivity index (χ4n) is 4.13. The summed E-state index contributed by atoms with van der Waals surface area (Å²) in [6.07, 6.45) is -0.766. The Bertz CT molecular complexity index is 850. The number of anilines is 1. The van der Waals surface area contributed by atoms with E-state index in [0.29, 0.717) is 22.8 Å². The Morgan fingerprint density at radius 3 is 2.85 bits per heavy atom. The molecule has 144 valence electrons. The molecule has 4 rings (SSSR count). The number of aromatic nitrogens is 2. The SMILES string of the molecule is CC1CN[C@@H]2CCN(c3cc(C(F)F)c(-c4ccc(Cl)cc4O)nn3)[C@H]2C1. The lowest BCUT2D eigenvalue weighted by Gasteiger charge is -2.36. The number of piperidine rings is 1. The number of hydrogen-bond acceptors (Lipinski definition) is 5. The minimum absolute atomic E-state index is 0.0196. The van der Waals surface area contributed by atoms with Crippen molar-refractivity contribution in [3.63, 3.8) is 0 Å². The molecule has 2 aliphatic heterocycles. The van der Waals surface area contributed by atoms with Crippen LogP contribution in [0.2, 0.25) is 5.02 Å². The number of rotatable bonds is 3. The summed E-state index contributed by atoms with van der Waals surface area (Å²) in [5.74, 6) is 0.795. The average Bonchev–Trinajstić information content (AvgIpc) is 3.04. The lowest BCUT2D eigenvalue weighted by molar-refractivity contribution is 0.151. The Hall–Kier alpha value is -1.99. The van der Waals surface area contributed by atoms with Gasteiger partial charge in [0.05, 0.1) is 0 Å². The Morgan fingerprint density at radius 2 is 2.11 bits per heavy atom. The van der Waals surface area contributed by atoms with Gasteiger partial charge in [-0.1, -0.05) is 18.5 Å². The largest absolute Gasteiger partial charge is 0.507 e. The highest BCUT2D eigenvalue weighted by Gasteiger charge is 2.39. The standard InChI is InChI=1S/C19H21ClF2N4O/c1-10-6-15-14(23-9-10)4-5-26(15)17-8-13(19(21)22)18(25-24-17)12-3-2-11(20)7-16(12)27/h2-3,7-8,10,14-15,19,23,27H,4-6,9H2,1H3/t10?,14-,15+/m1/s1. The maximum absolute atomic E-state index is 13.8. The van der Waals surface area contributed by atoms with Crippen LogP contribution < -0.4 is 10.2 Å². The van der Waals surface area contributed by atoms with Gasteiger partial charge in [0.25, 0.3) is 6.43 Å². The Labute approximate surface area is 161 Å². The first-order valence-electron chi connectivity index (χ1n) is 9.08. The summed E-state index contributed by atoms with van der Waals surface area (Å²) in [6.45, 7) is 3.93. The van der Waals surface area contributed by atoms with Gasteiger partial charge >= 0.3 is 0 Å². The summed E-state index contributed by atoms with van der Waals surface area (Å²) < 4.78 is 27.6. The molecule has 3 atom stereocenters. The zero-order valence-electron chi connectivity index (χ0n) is 14.9. The molecule has 0 aliphatic carbocycles. The molecule has 0 radical (unpaired) electrons. The summed E-state index contributed by atoms with van der Waals surface area (Å²) in [5, 5.41) is 22.3. The monoisotopic (exact) mass is 394 g/mol. The maximum atomic E-state index is 13.8. The third kappa shape index (κ3) is 3.46. The average molecular weight is 395 g/mol. The van der Waals surface area contributed by atoms with E-state index in [9.17, 15) is 13.9 Å². The number of halogens is 3. The van der Waals surface area contributed by atoms with E-state index in [1.54, 1.807) is 0 Å². The highest BCUT2D eigenvalue weighted by Crippen LogP contribution is 2.38. The Kier molecular flexibility index (Phi) is 4.90. The van der Waals surface area contributed by atoms with Crippen LogP contribution in [0, 0.1) is 5.92 Å². The topological polar surface area (TPSA) is 61.3 Å². The third-order valence-corrected chi connectivity index (χ3v) is 5.71. The molecule has 5 nitrogen and oxygen atoms in total. The molecule has 2 saturated heterocycles. The lowest BCUT2D eigenvalue weighted by Crippen LogP contribution is -2.50. The van der Waals surface area contributed by atoms with Gasteiger partial charge in [-0.15, -0.1) is 10.2 Å². The van der Waals surface area contributed by atoms with Crippen molar-refractivity contribution in [3.05, 3.63) is 34.9 Å². The molecule has 2 aliphatic rings. The minimum atomic E-state index is -2.73. The van der Waals surface area contributed by atoms with E-state index in [-0.39, 0.29) is 28.6 Å². The summed E-state index contributed by atoms with van der Waals surface area (Å²) in [5.41, 5.74) is -0.0623.